The zero-order valence-electron chi connectivity index (χ0n) is 9.55. The molecule has 0 unspecified atom stereocenters. The van der Waals surface area contributed by atoms with Crippen LogP contribution >= 0.6 is 11.6 Å². The number of nitrogens with one attached hydrogen (secondary N) is 1. The van der Waals surface area contributed by atoms with Crippen molar-refractivity contribution in [2.45, 2.75) is 13.3 Å². The summed E-state index contributed by atoms with van der Waals surface area (Å²) in [5.74, 6) is 0.631. The summed E-state index contributed by atoms with van der Waals surface area (Å²) in [6.45, 7) is 3.58. The van der Waals surface area contributed by atoms with Gasteiger partial charge in [0.05, 0.1) is 12.1 Å². The Bertz CT molecular complexity index is 366. The Balaban J connectivity index is 2.68. The lowest BCUT2D eigenvalue weighted by atomic mass is 10.1. The minimum Gasteiger partial charge on any atom is -0.495 e. The number of rotatable bonds is 6. The van der Waals surface area contributed by atoms with Crippen LogP contribution in [0, 0.1) is 0 Å². The summed E-state index contributed by atoms with van der Waals surface area (Å²) in [4.78, 5) is 11.8. The first kappa shape index (κ1) is 13.0. The van der Waals surface area contributed by atoms with Crippen LogP contribution in [0.4, 0.5) is 0 Å². The van der Waals surface area contributed by atoms with Gasteiger partial charge in [-0.3, -0.25) is 4.79 Å². The average Bonchev–Trinajstić information content (AvgIpc) is 2.30. The van der Waals surface area contributed by atoms with Crippen LogP contribution in [-0.2, 0) is 0 Å². The van der Waals surface area contributed by atoms with E-state index in [4.69, 9.17) is 16.3 Å². The van der Waals surface area contributed by atoms with E-state index < -0.39 is 0 Å². The van der Waals surface area contributed by atoms with Gasteiger partial charge in [-0.2, -0.15) is 0 Å². The summed E-state index contributed by atoms with van der Waals surface area (Å²) >= 11 is 5.88. The number of Topliss-reactive ketones (excluding diaryl/α,β-unsaturated/α-hetero) is 1. The number of carbonyl (C=O) groups is 1. The lowest BCUT2D eigenvalue weighted by Crippen LogP contribution is -2.17. The average molecular weight is 242 g/mol. The predicted molar refractivity (Wildman–Crippen MR) is 65.5 cm³/mol. The molecule has 4 heteroatoms. The van der Waals surface area contributed by atoms with E-state index in [1.54, 1.807) is 18.2 Å². The SMILES string of the molecule is CCNCCC(=O)c1ccc(Cl)c(OC)c1. The molecule has 0 aromatic heterocycles. The van der Waals surface area contributed by atoms with Gasteiger partial charge in [0, 0.05) is 18.5 Å². The summed E-state index contributed by atoms with van der Waals surface area (Å²) in [7, 11) is 1.54. The molecule has 0 aliphatic carbocycles. The maximum absolute atomic E-state index is 11.8. The topological polar surface area (TPSA) is 38.3 Å². The monoisotopic (exact) mass is 241 g/mol. The van der Waals surface area contributed by atoms with Crippen molar-refractivity contribution in [2.24, 2.45) is 0 Å². The fourth-order valence-corrected chi connectivity index (χ4v) is 1.55. The van der Waals surface area contributed by atoms with Crippen LogP contribution in [0.25, 0.3) is 0 Å². The highest BCUT2D eigenvalue weighted by atomic mass is 35.5. The van der Waals surface area contributed by atoms with Crippen LogP contribution in [0.15, 0.2) is 18.2 Å². The highest BCUT2D eigenvalue weighted by Gasteiger charge is 2.08. The Kier molecular flexibility index (Phi) is 5.29. The molecule has 0 radical (unpaired) electrons. The molecule has 1 aromatic rings. The Morgan fingerprint density at radius 1 is 1.50 bits per heavy atom. The van der Waals surface area contributed by atoms with Crippen LogP contribution in [0.2, 0.25) is 5.02 Å². The van der Waals surface area contributed by atoms with Gasteiger partial charge < -0.3 is 10.1 Å². The first-order chi connectivity index (χ1) is 7.69. The highest BCUT2D eigenvalue weighted by Crippen LogP contribution is 2.25. The molecule has 0 bridgehead atoms. The van der Waals surface area contributed by atoms with Gasteiger partial charge in [0.1, 0.15) is 5.75 Å². The molecule has 1 aromatic carbocycles. The maximum atomic E-state index is 11.8. The quantitative estimate of drug-likeness (QED) is 0.615. The number of hydrogen-bond donors (Lipinski definition) is 1. The van der Waals surface area contributed by atoms with E-state index in [1.807, 2.05) is 6.92 Å². The first-order valence-electron chi connectivity index (χ1n) is 5.26. The van der Waals surface area contributed by atoms with E-state index in [9.17, 15) is 4.79 Å². The minimum absolute atomic E-state index is 0.0934. The van der Waals surface area contributed by atoms with E-state index in [0.29, 0.717) is 29.3 Å². The lowest BCUT2D eigenvalue weighted by Gasteiger charge is -2.06. The fraction of sp³-hybridized carbons (Fsp3) is 0.417. The number of methoxy groups -OCH3 is 1. The second kappa shape index (κ2) is 6.51. The van der Waals surface area contributed by atoms with Crippen LogP contribution in [-0.4, -0.2) is 26.0 Å². The Morgan fingerprint density at radius 2 is 2.25 bits per heavy atom. The molecule has 0 aliphatic heterocycles. The van der Waals surface area contributed by atoms with Crippen molar-refractivity contribution < 1.29 is 9.53 Å². The molecule has 88 valence electrons. The molecular formula is C12H16ClNO2. The molecule has 1 rings (SSSR count). The van der Waals surface area contributed by atoms with Gasteiger partial charge in [-0.15, -0.1) is 0 Å². The highest BCUT2D eigenvalue weighted by molar-refractivity contribution is 6.32. The third-order valence-electron chi connectivity index (χ3n) is 2.25. The number of halogens is 1. The minimum atomic E-state index is 0.0934. The molecule has 3 nitrogen and oxygen atoms in total. The largest absolute Gasteiger partial charge is 0.495 e. The van der Waals surface area contributed by atoms with Crippen molar-refractivity contribution in [3.8, 4) is 5.75 Å². The van der Waals surface area contributed by atoms with Crippen LogP contribution < -0.4 is 10.1 Å². The molecule has 0 spiro atoms. The van der Waals surface area contributed by atoms with Crippen LogP contribution in [0.5, 0.6) is 5.75 Å². The molecular weight excluding hydrogens is 226 g/mol. The zero-order chi connectivity index (χ0) is 12.0. The molecule has 0 aliphatic rings. The molecule has 0 atom stereocenters. The van der Waals surface area contributed by atoms with Gasteiger partial charge in [0.25, 0.3) is 0 Å². The van der Waals surface area contributed by atoms with Crippen molar-refractivity contribution in [2.75, 3.05) is 20.2 Å². The summed E-state index contributed by atoms with van der Waals surface area (Å²) < 4.78 is 5.06. The van der Waals surface area contributed by atoms with E-state index in [-0.39, 0.29) is 5.78 Å². The standard InChI is InChI=1S/C12H16ClNO2/c1-3-14-7-6-11(15)9-4-5-10(13)12(8-9)16-2/h4-5,8,14H,3,6-7H2,1-2H3. The lowest BCUT2D eigenvalue weighted by molar-refractivity contribution is 0.0982. The van der Waals surface area contributed by atoms with Gasteiger partial charge in [-0.1, -0.05) is 18.5 Å². The fourth-order valence-electron chi connectivity index (χ4n) is 1.36. The number of benzene rings is 1. The smallest absolute Gasteiger partial charge is 0.164 e. The molecule has 1 N–H and O–H groups in total. The second-order valence-corrected chi connectivity index (χ2v) is 3.78. The van der Waals surface area contributed by atoms with Crippen molar-refractivity contribution in [1.29, 1.82) is 0 Å². The van der Waals surface area contributed by atoms with Gasteiger partial charge >= 0.3 is 0 Å². The zero-order valence-corrected chi connectivity index (χ0v) is 10.3. The first-order valence-corrected chi connectivity index (χ1v) is 5.64. The van der Waals surface area contributed by atoms with Crippen LogP contribution in [0.3, 0.4) is 0 Å². The molecule has 0 saturated heterocycles. The van der Waals surface area contributed by atoms with Gasteiger partial charge in [0.15, 0.2) is 5.78 Å². The molecule has 0 heterocycles. The van der Waals surface area contributed by atoms with Gasteiger partial charge in [-0.05, 0) is 24.7 Å². The normalized spacial score (nSPS) is 10.2. The third kappa shape index (κ3) is 3.51. The Morgan fingerprint density at radius 3 is 2.88 bits per heavy atom. The van der Waals surface area contributed by atoms with Crippen molar-refractivity contribution >= 4 is 17.4 Å². The predicted octanol–water partition coefficient (Wildman–Crippen LogP) is 2.53. The molecule has 0 amide bonds. The van der Waals surface area contributed by atoms with E-state index in [1.165, 1.54) is 7.11 Å². The summed E-state index contributed by atoms with van der Waals surface area (Å²) in [6.07, 6.45) is 0.485. The Labute approximate surface area is 101 Å². The number of ether oxygens (including phenoxy) is 1. The maximum Gasteiger partial charge on any atom is 0.164 e. The van der Waals surface area contributed by atoms with Gasteiger partial charge in [0.2, 0.25) is 0 Å². The van der Waals surface area contributed by atoms with Crippen LogP contribution in [0.1, 0.15) is 23.7 Å². The Hall–Kier alpha value is -1.06. The summed E-state index contributed by atoms with van der Waals surface area (Å²) in [6, 6.07) is 5.08. The van der Waals surface area contributed by atoms with Crippen molar-refractivity contribution in [3.05, 3.63) is 28.8 Å². The van der Waals surface area contributed by atoms with Crippen molar-refractivity contribution in [3.63, 3.8) is 0 Å². The van der Waals surface area contributed by atoms with Gasteiger partial charge in [-0.25, -0.2) is 0 Å². The van der Waals surface area contributed by atoms with E-state index >= 15 is 0 Å². The number of ketones is 1. The summed E-state index contributed by atoms with van der Waals surface area (Å²) in [5, 5.41) is 3.63. The molecule has 0 fully saturated rings. The second-order valence-electron chi connectivity index (χ2n) is 3.38. The molecule has 16 heavy (non-hydrogen) atoms. The number of carbonyl (C=O) groups excluding carboxylic acids is 1. The third-order valence-corrected chi connectivity index (χ3v) is 2.56. The summed E-state index contributed by atoms with van der Waals surface area (Å²) in [5.41, 5.74) is 0.638. The molecule has 0 saturated carbocycles. The van der Waals surface area contributed by atoms with Crippen molar-refractivity contribution in [1.82, 2.24) is 5.32 Å². The van der Waals surface area contributed by atoms with E-state index in [2.05, 4.69) is 5.32 Å². The number of hydrogen-bond acceptors (Lipinski definition) is 3. The van der Waals surface area contributed by atoms with E-state index in [0.717, 1.165) is 6.54 Å².